The summed E-state index contributed by atoms with van der Waals surface area (Å²) < 4.78 is 1.28. The van der Waals surface area contributed by atoms with Gasteiger partial charge >= 0.3 is 0 Å². The number of amides is 1. The van der Waals surface area contributed by atoms with Gasteiger partial charge in [0.1, 0.15) is 6.54 Å². The van der Waals surface area contributed by atoms with Crippen molar-refractivity contribution in [3.8, 4) is 0 Å². The molecule has 7 nitrogen and oxygen atoms in total. The maximum absolute atomic E-state index is 11.7. The lowest BCUT2D eigenvalue weighted by Crippen LogP contribution is -2.33. The molecule has 0 aliphatic heterocycles. The fourth-order valence-corrected chi connectivity index (χ4v) is 1.64. The third-order valence-corrected chi connectivity index (χ3v) is 2.59. The molecule has 2 aromatic rings. The van der Waals surface area contributed by atoms with Crippen molar-refractivity contribution >= 4 is 11.6 Å². The van der Waals surface area contributed by atoms with Crippen molar-refractivity contribution in [2.75, 3.05) is 12.3 Å². The Bertz CT molecular complexity index is 603. The summed E-state index contributed by atoms with van der Waals surface area (Å²) in [5, 5.41) is 2.73. The topological polar surface area (TPSA) is 106 Å². The van der Waals surface area contributed by atoms with Crippen LogP contribution in [0.25, 0.3) is 0 Å². The number of rotatable bonds is 5. The van der Waals surface area contributed by atoms with Crippen molar-refractivity contribution in [2.24, 2.45) is 0 Å². The van der Waals surface area contributed by atoms with E-state index in [1.807, 2.05) is 0 Å². The second kappa shape index (κ2) is 5.85. The molecule has 0 spiro atoms. The highest BCUT2D eigenvalue weighted by Crippen LogP contribution is 1.95. The molecule has 19 heavy (non-hydrogen) atoms. The number of H-pyrrole nitrogens is 1. The van der Waals surface area contributed by atoms with Crippen LogP contribution in [0, 0.1) is 0 Å². The normalized spacial score (nSPS) is 10.3. The molecule has 2 heterocycles. The van der Waals surface area contributed by atoms with Crippen molar-refractivity contribution in [1.82, 2.24) is 19.9 Å². The van der Waals surface area contributed by atoms with Crippen molar-refractivity contribution in [2.45, 2.75) is 13.0 Å². The van der Waals surface area contributed by atoms with E-state index in [-0.39, 0.29) is 18.0 Å². The molecule has 0 aromatic carbocycles. The van der Waals surface area contributed by atoms with E-state index < -0.39 is 0 Å². The quantitative estimate of drug-likeness (QED) is 0.675. The molecule has 0 aliphatic rings. The Morgan fingerprint density at radius 2 is 2.32 bits per heavy atom. The van der Waals surface area contributed by atoms with E-state index in [1.54, 1.807) is 12.5 Å². The minimum atomic E-state index is -0.252. The van der Waals surface area contributed by atoms with Gasteiger partial charge in [0.2, 0.25) is 5.91 Å². The summed E-state index contributed by atoms with van der Waals surface area (Å²) in [4.78, 5) is 30.0. The highest BCUT2D eigenvalue weighted by molar-refractivity contribution is 5.75. The summed E-state index contributed by atoms with van der Waals surface area (Å²) in [6.45, 7) is 0.449. The molecule has 7 heteroatoms. The number of aromatic nitrogens is 3. The minimum absolute atomic E-state index is 0.0349. The highest BCUT2D eigenvalue weighted by Gasteiger charge is 2.04. The van der Waals surface area contributed by atoms with Gasteiger partial charge in [0.05, 0.1) is 6.33 Å². The van der Waals surface area contributed by atoms with Gasteiger partial charge in [0, 0.05) is 42.8 Å². The zero-order chi connectivity index (χ0) is 13.7. The molecule has 0 unspecified atom stereocenters. The molecule has 0 aliphatic carbocycles. The molecule has 0 bridgehead atoms. The van der Waals surface area contributed by atoms with Crippen LogP contribution in [0.4, 0.5) is 5.69 Å². The van der Waals surface area contributed by atoms with Crippen LogP contribution in [0.5, 0.6) is 0 Å². The van der Waals surface area contributed by atoms with E-state index in [1.165, 1.54) is 22.9 Å². The first-order valence-electron chi connectivity index (χ1n) is 5.85. The molecule has 4 N–H and O–H groups in total. The van der Waals surface area contributed by atoms with Gasteiger partial charge in [-0.3, -0.25) is 9.59 Å². The summed E-state index contributed by atoms with van der Waals surface area (Å²) in [5.41, 5.74) is 6.71. The molecular formula is C12H15N5O2. The number of nitrogens with two attached hydrogens (primary N) is 1. The fourth-order valence-electron chi connectivity index (χ4n) is 1.64. The number of nitrogens with zero attached hydrogens (tertiary/aromatic N) is 2. The predicted molar refractivity (Wildman–Crippen MR) is 70.4 cm³/mol. The van der Waals surface area contributed by atoms with E-state index in [2.05, 4.69) is 15.3 Å². The lowest BCUT2D eigenvalue weighted by molar-refractivity contribution is -0.121. The Balaban J connectivity index is 1.84. The molecule has 0 radical (unpaired) electrons. The number of hydrogen-bond donors (Lipinski definition) is 3. The average molecular weight is 261 g/mol. The second-order valence-corrected chi connectivity index (χ2v) is 4.11. The SMILES string of the molecule is Nc1ccc(=O)n(CC(=O)NCCc2cnc[nH]2)c1. The average Bonchev–Trinajstić information content (AvgIpc) is 2.87. The van der Waals surface area contributed by atoms with Gasteiger partial charge in [-0.1, -0.05) is 0 Å². The molecule has 2 aromatic heterocycles. The molecule has 0 atom stereocenters. The molecule has 2 rings (SSSR count). The Kier molecular flexibility index (Phi) is 3.97. The number of hydrogen-bond acceptors (Lipinski definition) is 4. The standard InChI is InChI=1S/C12H15N5O2/c13-9-1-2-12(19)17(6-9)7-11(18)15-4-3-10-5-14-8-16-10/h1-2,5-6,8H,3-4,7,13H2,(H,14,16)(H,15,18). The van der Waals surface area contributed by atoms with Crippen molar-refractivity contribution in [3.63, 3.8) is 0 Å². The maximum atomic E-state index is 11.7. The van der Waals surface area contributed by atoms with Crippen LogP contribution < -0.4 is 16.6 Å². The predicted octanol–water partition coefficient (Wildman–Crippen LogP) is -0.488. The fraction of sp³-hybridized carbons (Fsp3) is 0.250. The van der Waals surface area contributed by atoms with E-state index in [0.29, 0.717) is 18.7 Å². The molecule has 1 amide bonds. The van der Waals surface area contributed by atoms with Crippen molar-refractivity contribution < 1.29 is 4.79 Å². The molecule has 0 saturated carbocycles. The van der Waals surface area contributed by atoms with Crippen LogP contribution in [0.1, 0.15) is 5.69 Å². The maximum Gasteiger partial charge on any atom is 0.251 e. The molecular weight excluding hydrogens is 246 g/mol. The summed E-state index contributed by atoms with van der Waals surface area (Å²) in [7, 11) is 0. The number of anilines is 1. The highest BCUT2D eigenvalue weighted by atomic mass is 16.2. The van der Waals surface area contributed by atoms with Gasteiger partial charge in [-0.05, 0) is 6.07 Å². The van der Waals surface area contributed by atoms with E-state index in [9.17, 15) is 9.59 Å². The Morgan fingerprint density at radius 3 is 3.05 bits per heavy atom. The number of aromatic amines is 1. The van der Waals surface area contributed by atoms with Crippen LogP contribution in [0.15, 0.2) is 35.6 Å². The van der Waals surface area contributed by atoms with Crippen LogP contribution in [-0.2, 0) is 17.8 Å². The second-order valence-electron chi connectivity index (χ2n) is 4.11. The van der Waals surface area contributed by atoms with Crippen LogP contribution in [-0.4, -0.2) is 27.0 Å². The first kappa shape index (κ1) is 12.9. The number of nitrogen functional groups attached to an aromatic ring is 1. The van der Waals surface area contributed by atoms with Gasteiger partial charge in [-0.15, -0.1) is 0 Å². The summed E-state index contributed by atoms with van der Waals surface area (Å²) >= 11 is 0. The van der Waals surface area contributed by atoms with Crippen LogP contribution in [0.3, 0.4) is 0 Å². The Labute approximate surface area is 109 Å². The first-order valence-corrected chi connectivity index (χ1v) is 5.85. The number of nitrogens with one attached hydrogen (secondary N) is 2. The summed E-state index contributed by atoms with van der Waals surface area (Å²) in [6.07, 6.45) is 5.41. The van der Waals surface area contributed by atoms with Gasteiger partial charge in [0.25, 0.3) is 5.56 Å². The van der Waals surface area contributed by atoms with Gasteiger partial charge in [-0.2, -0.15) is 0 Å². The first-order chi connectivity index (χ1) is 9.15. The van der Waals surface area contributed by atoms with Crippen LogP contribution >= 0.6 is 0 Å². The van der Waals surface area contributed by atoms with Crippen molar-refractivity contribution in [1.29, 1.82) is 0 Å². The van der Waals surface area contributed by atoms with Gasteiger partial charge < -0.3 is 20.6 Å². The van der Waals surface area contributed by atoms with Gasteiger partial charge in [0.15, 0.2) is 0 Å². The third kappa shape index (κ3) is 3.70. The number of imidazole rings is 1. The van der Waals surface area contributed by atoms with Gasteiger partial charge in [-0.25, -0.2) is 4.98 Å². The van der Waals surface area contributed by atoms with E-state index in [0.717, 1.165) is 5.69 Å². The smallest absolute Gasteiger partial charge is 0.251 e. The van der Waals surface area contributed by atoms with Crippen LogP contribution in [0.2, 0.25) is 0 Å². The Morgan fingerprint density at radius 1 is 1.47 bits per heavy atom. The minimum Gasteiger partial charge on any atom is -0.398 e. The van der Waals surface area contributed by atoms with E-state index >= 15 is 0 Å². The number of carbonyl (C=O) groups excluding carboxylic acids is 1. The summed E-state index contributed by atoms with van der Waals surface area (Å²) in [5.74, 6) is -0.229. The third-order valence-electron chi connectivity index (χ3n) is 2.59. The summed E-state index contributed by atoms with van der Waals surface area (Å²) in [6, 6.07) is 2.85. The largest absolute Gasteiger partial charge is 0.398 e. The lowest BCUT2D eigenvalue weighted by Gasteiger charge is -2.07. The molecule has 100 valence electrons. The zero-order valence-electron chi connectivity index (χ0n) is 10.3. The lowest BCUT2D eigenvalue weighted by atomic mass is 10.3. The van der Waals surface area contributed by atoms with Crippen molar-refractivity contribution in [3.05, 3.63) is 46.9 Å². The van der Waals surface area contributed by atoms with E-state index in [4.69, 9.17) is 5.73 Å². The zero-order valence-corrected chi connectivity index (χ0v) is 10.3. The molecule has 0 saturated heterocycles. The monoisotopic (exact) mass is 261 g/mol. The number of pyridine rings is 1. The Hall–Kier alpha value is -2.57. The number of carbonyl (C=O) groups is 1. The molecule has 0 fully saturated rings.